The van der Waals surface area contributed by atoms with Gasteiger partial charge in [0, 0.05) is 12.3 Å². The van der Waals surface area contributed by atoms with Crippen molar-refractivity contribution in [3.63, 3.8) is 0 Å². The van der Waals surface area contributed by atoms with Crippen LogP contribution >= 0.6 is 0 Å². The lowest BCUT2D eigenvalue weighted by molar-refractivity contribution is 0.586. The number of hydrogen-bond acceptors (Lipinski definition) is 1. The smallest absolute Gasteiger partial charge is 0.247 e. The quantitative estimate of drug-likeness (QED) is 0.729. The molecule has 1 rings (SSSR count). The molecular weight excluding hydrogens is 150 g/mol. The Morgan fingerprint density at radius 2 is 2.17 bits per heavy atom. The summed E-state index contributed by atoms with van der Waals surface area (Å²) in [7, 11) is 0. The van der Waals surface area contributed by atoms with Crippen molar-refractivity contribution in [3.05, 3.63) is 34.2 Å². The van der Waals surface area contributed by atoms with Crippen molar-refractivity contribution in [1.82, 2.24) is 4.98 Å². The zero-order valence-electron chi connectivity index (χ0n) is 7.63. The zero-order valence-corrected chi connectivity index (χ0v) is 7.63. The molecular formula is C10H15NO. The molecule has 1 aromatic heterocycles. The van der Waals surface area contributed by atoms with Gasteiger partial charge in [-0.25, -0.2) is 0 Å². The fraction of sp³-hybridized carbons (Fsp3) is 0.500. The lowest BCUT2D eigenvalue weighted by atomic mass is 10.0. The van der Waals surface area contributed by atoms with E-state index < -0.39 is 0 Å². The second-order valence-electron chi connectivity index (χ2n) is 3.49. The van der Waals surface area contributed by atoms with Crippen LogP contribution in [0.2, 0.25) is 0 Å². The van der Waals surface area contributed by atoms with Crippen molar-refractivity contribution in [1.29, 1.82) is 0 Å². The number of pyridine rings is 1. The highest BCUT2D eigenvalue weighted by molar-refractivity contribution is 5.08. The highest BCUT2D eigenvalue weighted by Crippen LogP contribution is 2.05. The molecule has 0 fully saturated rings. The van der Waals surface area contributed by atoms with E-state index in [9.17, 15) is 4.79 Å². The first-order chi connectivity index (χ1) is 5.68. The number of aromatic amines is 1. The molecule has 0 aromatic carbocycles. The molecule has 0 aliphatic rings. The van der Waals surface area contributed by atoms with Crippen LogP contribution in [0.15, 0.2) is 23.1 Å². The number of H-pyrrole nitrogens is 1. The molecule has 2 heteroatoms. The third-order valence-electron chi connectivity index (χ3n) is 1.86. The number of aryl methyl sites for hydroxylation is 1. The molecule has 0 amide bonds. The van der Waals surface area contributed by atoms with Gasteiger partial charge in [-0.05, 0) is 24.3 Å². The van der Waals surface area contributed by atoms with Crippen LogP contribution in [0.4, 0.5) is 0 Å². The molecule has 2 nitrogen and oxygen atoms in total. The molecule has 66 valence electrons. The normalized spacial score (nSPS) is 10.6. The van der Waals surface area contributed by atoms with Gasteiger partial charge in [0.05, 0.1) is 0 Å². The van der Waals surface area contributed by atoms with Gasteiger partial charge < -0.3 is 4.98 Å². The molecule has 0 aliphatic heterocycles. The summed E-state index contributed by atoms with van der Waals surface area (Å²) < 4.78 is 0. The number of aromatic nitrogens is 1. The van der Waals surface area contributed by atoms with Gasteiger partial charge in [-0.3, -0.25) is 4.79 Å². The van der Waals surface area contributed by atoms with Crippen molar-refractivity contribution in [2.45, 2.75) is 26.7 Å². The molecule has 1 heterocycles. The van der Waals surface area contributed by atoms with E-state index in [0.717, 1.165) is 12.3 Å². The maximum atomic E-state index is 10.7. The first-order valence-electron chi connectivity index (χ1n) is 4.36. The zero-order chi connectivity index (χ0) is 8.97. The monoisotopic (exact) mass is 165 g/mol. The van der Waals surface area contributed by atoms with Gasteiger partial charge in [0.15, 0.2) is 0 Å². The molecule has 1 N–H and O–H groups in total. The fourth-order valence-electron chi connectivity index (χ4n) is 1.05. The van der Waals surface area contributed by atoms with Crippen molar-refractivity contribution in [2.75, 3.05) is 0 Å². The first-order valence-corrected chi connectivity index (χ1v) is 4.36. The van der Waals surface area contributed by atoms with Crippen LogP contribution in [0.3, 0.4) is 0 Å². The third-order valence-corrected chi connectivity index (χ3v) is 1.86. The molecule has 0 atom stereocenters. The maximum Gasteiger partial charge on any atom is 0.247 e. The number of hydrogen-bond donors (Lipinski definition) is 1. The van der Waals surface area contributed by atoms with Crippen LogP contribution in [-0.4, -0.2) is 4.98 Å². The third kappa shape index (κ3) is 2.91. The van der Waals surface area contributed by atoms with Gasteiger partial charge >= 0.3 is 0 Å². The van der Waals surface area contributed by atoms with Crippen LogP contribution < -0.4 is 5.56 Å². The Kier molecular flexibility index (Phi) is 3.09. The maximum absolute atomic E-state index is 10.7. The Morgan fingerprint density at radius 3 is 2.67 bits per heavy atom. The van der Waals surface area contributed by atoms with Crippen LogP contribution in [0.5, 0.6) is 0 Å². The second kappa shape index (κ2) is 4.10. The Bertz CT molecular complexity index is 268. The molecule has 12 heavy (non-hydrogen) atoms. The van der Waals surface area contributed by atoms with Crippen LogP contribution in [0.25, 0.3) is 0 Å². The molecule has 0 saturated heterocycles. The largest absolute Gasteiger partial charge is 0.329 e. The standard InChI is InChI=1S/C10H15NO/c1-8(2)3-4-9-5-6-10(12)11-7-9/h5-8H,3-4H2,1-2H3,(H,11,12). The highest BCUT2D eigenvalue weighted by atomic mass is 16.1. The molecule has 0 aliphatic carbocycles. The summed E-state index contributed by atoms with van der Waals surface area (Å²) in [4.78, 5) is 13.4. The van der Waals surface area contributed by atoms with Gasteiger partial charge in [0.1, 0.15) is 0 Å². The summed E-state index contributed by atoms with van der Waals surface area (Å²) in [5.74, 6) is 0.719. The summed E-state index contributed by atoms with van der Waals surface area (Å²) >= 11 is 0. The lowest BCUT2D eigenvalue weighted by Gasteiger charge is -2.03. The van der Waals surface area contributed by atoms with Gasteiger partial charge in [-0.15, -0.1) is 0 Å². The Labute approximate surface area is 72.6 Å². The fourth-order valence-corrected chi connectivity index (χ4v) is 1.05. The van der Waals surface area contributed by atoms with Crippen molar-refractivity contribution in [2.24, 2.45) is 5.92 Å². The van der Waals surface area contributed by atoms with E-state index in [2.05, 4.69) is 18.8 Å². The van der Waals surface area contributed by atoms with Gasteiger partial charge in [-0.1, -0.05) is 19.9 Å². The average molecular weight is 165 g/mol. The van der Waals surface area contributed by atoms with E-state index in [-0.39, 0.29) is 5.56 Å². The molecule has 1 aromatic rings. The first kappa shape index (κ1) is 9.04. The molecule has 0 spiro atoms. The summed E-state index contributed by atoms with van der Waals surface area (Å²) in [6.07, 6.45) is 4.02. The van der Waals surface area contributed by atoms with Crippen molar-refractivity contribution < 1.29 is 0 Å². The van der Waals surface area contributed by atoms with Crippen LogP contribution in [0.1, 0.15) is 25.8 Å². The van der Waals surface area contributed by atoms with Gasteiger partial charge in [0.25, 0.3) is 0 Å². The Balaban J connectivity index is 2.53. The van der Waals surface area contributed by atoms with E-state index in [1.54, 1.807) is 12.3 Å². The second-order valence-corrected chi connectivity index (χ2v) is 3.49. The highest BCUT2D eigenvalue weighted by Gasteiger charge is 1.95. The minimum atomic E-state index is -0.0247. The van der Waals surface area contributed by atoms with E-state index in [1.807, 2.05) is 6.07 Å². The summed E-state index contributed by atoms with van der Waals surface area (Å²) in [6, 6.07) is 3.47. The minimum absolute atomic E-state index is 0.0247. The minimum Gasteiger partial charge on any atom is -0.329 e. The predicted molar refractivity (Wildman–Crippen MR) is 50.2 cm³/mol. The number of rotatable bonds is 3. The molecule has 0 saturated carbocycles. The van der Waals surface area contributed by atoms with Gasteiger partial charge in [0.2, 0.25) is 5.56 Å². The Hall–Kier alpha value is -1.05. The summed E-state index contributed by atoms with van der Waals surface area (Å²) in [5.41, 5.74) is 1.19. The van der Waals surface area contributed by atoms with E-state index in [0.29, 0.717) is 0 Å². The van der Waals surface area contributed by atoms with E-state index in [4.69, 9.17) is 0 Å². The van der Waals surface area contributed by atoms with Crippen LogP contribution in [-0.2, 0) is 6.42 Å². The lowest BCUT2D eigenvalue weighted by Crippen LogP contribution is -2.03. The Morgan fingerprint density at radius 1 is 1.42 bits per heavy atom. The SMILES string of the molecule is CC(C)CCc1ccc(=O)[nH]c1. The van der Waals surface area contributed by atoms with Crippen LogP contribution in [0, 0.1) is 5.92 Å². The summed E-state index contributed by atoms with van der Waals surface area (Å²) in [6.45, 7) is 4.40. The van der Waals surface area contributed by atoms with E-state index in [1.165, 1.54) is 12.0 Å². The molecule has 0 radical (unpaired) electrons. The predicted octanol–water partition coefficient (Wildman–Crippen LogP) is 1.96. The average Bonchev–Trinajstić information content (AvgIpc) is 2.03. The molecule has 0 unspecified atom stereocenters. The van der Waals surface area contributed by atoms with E-state index >= 15 is 0 Å². The van der Waals surface area contributed by atoms with Gasteiger partial charge in [-0.2, -0.15) is 0 Å². The molecule has 0 bridgehead atoms. The summed E-state index contributed by atoms with van der Waals surface area (Å²) in [5, 5.41) is 0. The topological polar surface area (TPSA) is 32.9 Å². The van der Waals surface area contributed by atoms with Crippen molar-refractivity contribution in [3.8, 4) is 0 Å². The number of nitrogens with one attached hydrogen (secondary N) is 1. The van der Waals surface area contributed by atoms with Crippen molar-refractivity contribution >= 4 is 0 Å².